The van der Waals surface area contributed by atoms with Crippen molar-refractivity contribution in [2.24, 2.45) is 0 Å². The van der Waals surface area contributed by atoms with Gasteiger partial charge in [-0.1, -0.05) is 146 Å². The molecule has 0 saturated heterocycles. The van der Waals surface area contributed by atoms with Crippen molar-refractivity contribution in [3.63, 3.8) is 0 Å². The van der Waals surface area contributed by atoms with Gasteiger partial charge in [-0.25, -0.2) is 15.0 Å². The summed E-state index contributed by atoms with van der Waals surface area (Å²) in [6.07, 6.45) is 0. The van der Waals surface area contributed by atoms with Gasteiger partial charge in [0.1, 0.15) is 22.3 Å². The van der Waals surface area contributed by atoms with Crippen LogP contribution in [0.5, 0.6) is 0 Å². The lowest BCUT2D eigenvalue weighted by molar-refractivity contribution is 0.669. The Morgan fingerprint density at radius 2 is 0.857 bits per heavy atom. The molecule has 0 unspecified atom stereocenters. The van der Waals surface area contributed by atoms with Crippen LogP contribution in [0.4, 0.5) is 0 Å². The van der Waals surface area contributed by atoms with Crippen molar-refractivity contribution in [2.75, 3.05) is 0 Å². The summed E-state index contributed by atoms with van der Waals surface area (Å²) in [7, 11) is 0. The average Bonchev–Trinajstić information content (AvgIpc) is 3.85. The van der Waals surface area contributed by atoms with Crippen LogP contribution in [0.25, 0.3) is 111 Å². The molecule has 0 atom stereocenters. The molecule has 0 bridgehead atoms. The maximum absolute atomic E-state index is 6.68. The normalized spacial score (nSPS) is 11.6. The first kappa shape index (κ1) is 31.9. The van der Waals surface area contributed by atoms with Crippen molar-refractivity contribution in [2.45, 2.75) is 0 Å². The fourth-order valence-corrected chi connectivity index (χ4v) is 7.83. The number of aromatic nitrogens is 3. The van der Waals surface area contributed by atoms with E-state index in [1.807, 2.05) is 84.9 Å². The van der Waals surface area contributed by atoms with Gasteiger partial charge in [-0.3, -0.25) is 0 Å². The van der Waals surface area contributed by atoms with Crippen LogP contribution in [-0.2, 0) is 0 Å². The predicted octanol–water partition coefficient (Wildman–Crippen LogP) is 13.7. The van der Waals surface area contributed by atoms with Crippen LogP contribution in [-0.4, -0.2) is 15.0 Å². The molecule has 0 N–H and O–H groups in total. The third-order valence-electron chi connectivity index (χ3n) is 10.5. The fraction of sp³-hybridized carbons (Fsp3) is 0. The highest BCUT2D eigenvalue weighted by atomic mass is 16.3. The molecule has 11 aromatic rings. The maximum atomic E-state index is 6.68. The van der Waals surface area contributed by atoms with Crippen molar-refractivity contribution in [3.8, 4) is 67.5 Å². The van der Waals surface area contributed by atoms with Gasteiger partial charge >= 0.3 is 0 Å². The molecule has 3 aromatic heterocycles. The van der Waals surface area contributed by atoms with Crippen molar-refractivity contribution >= 4 is 43.9 Å². The van der Waals surface area contributed by atoms with E-state index in [1.54, 1.807) is 0 Å². The molecule has 0 amide bonds. The number of fused-ring (bicyclic) bond motifs is 6. The quantitative estimate of drug-likeness (QED) is 0.171. The van der Waals surface area contributed by atoms with Gasteiger partial charge in [0.15, 0.2) is 17.5 Å². The van der Waals surface area contributed by atoms with Gasteiger partial charge in [0, 0.05) is 43.8 Å². The minimum Gasteiger partial charge on any atom is -0.456 e. The van der Waals surface area contributed by atoms with Gasteiger partial charge in [-0.05, 0) is 70.3 Å². The summed E-state index contributed by atoms with van der Waals surface area (Å²) in [6.45, 7) is 0. The molecule has 0 spiro atoms. The number of furan rings is 2. The van der Waals surface area contributed by atoms with E-state index in [1.165, 1.54) is 11.1 Å². The van der Waals surface area contributed by atoms with E-state index in [0.717, 1.165) is 82.8 Å². The summed E-state index contributed by atoms with van der Waals surface area (Å²) in [5.41, 5.74) is 12.6. The first-order valence-corrected chi connectivity index (χ1v) is 18.7. The molecule has 5 nitrogen and oxygen atoms in total. The first-order chi connectivity index (χ1) is 27.7. The number of hydrogen-bond donors (Lipinski definition) is 0. The van der Waals surface area contributed by atoms with Crippen molar-refractivity contribution < 1.29 is 8.83 Å². The van der Waals surface area contributed by atoms with E-state index in [0.29, 0.717) is 17.5 Å². The number of nitrogens with zero attached hydrogens (tertiary/aromatic N) is 3. The molecule has 56 heavy (non-hydrogen) atoms. The lowest BCUT2D eigenvalue weighted by Crippen LogP contribution is -2.00. The van der Waals surface area contributed by atoms with E-state index >= 15 is 0 Å². The standard InChI is InChI=1S/C51H31N3O2/c1-4-14-32(15-5-1)35-20-12-21-36(28-35)38-29-42-39-22-10-11-24-44(39)56-48(42)43(30-38)40-23-13-25-45-47(40)41-27-26-37(31-46(41)55-45)51-53-49(33-16-6-2-7-17-33)52-50(54-51)34-18-8-3-9-19-34/h1-31H. The second-order valence-corrected chi connectivity index (χ2v) is 14.0. The number of hydrogen-bond acceptors (Lipinski definition) is 5. The van der Waals surface area contributed by atoms with Gasteiger partial charge < -0.3 is 8.83 Å². The second kappa shape index (κ2) is 13.0. The minimum atomic E-state index is 0.578. The second-order valence-electron chi connectivity index (χ2n) is 14.0. The molecule has 262 valence electrons. The fourth-order valence-electron chi connectivity index (χ4n) is 7.83. The first-order valence-electron chi connectivity index (χ1n) is 18.7. The zero-order chi connectivity index (χ0) is 37.0. The summed E-state index contributed by atoms with van der Waals surface area (Å²) in [5.74, 6) is 1.81. The number of para-hydroxylation sites is 1. The van der Waals surface area contributed by atoms with E-state index in [9.17, 15) is 0 Å². The largest absolute Gasteiger partial charge is 0.456 e. The molecule has 0 saturated carbocycles. The summed E-state index contributed by atoms with van der Waals surface area (Å²) in [5, 5.41) is 4.18. The molecule has 0 radical (unpaired) electrons. The molecule has 8 aromatic carbocycles. The Hall–Kier alpha value is -7.63. The Kier molecular flexibility index (Phi) is 7.42. The highest BCUT2D eigenvalue weighted by Crippen LogP contribution is 2.44. The van der Waals surface area contributed by atoms with Crippen LogP contribution in [0.2, 0.25) is 0 Å². The van der Waals surface area contributed by atoms with E-state index < -0.39 is 0 Å². The maximum Gasteiger partial charge on any atom is 0.164 e. The molecule has 0 fully saturated rings. The minimum absolute atomic E-state index is 0.578. The highest BCUT2D eigenvalue weighted by Gasteiger charge is 2.21. The molecule has 0 aliphatic heterocycles. The summed E-state index contributed by atoms with van der Waals surface area (Å²) in [4.78, 5) is 14.8. The number of benzene rings is 8. The van der Waals surface area contributed by atoms with Gasteiger partial charge in [0.25, 0.3) is 0 Å². The molecular formula is C51H31N3O2. The lowest BCUT2D eigenvalue weighted by atomic mass is 9.92. The SMILES string of the molecule is c1ccc(-c2cccc(-c3cc(-c4cccc5oc6cc(-c7nc(-c8ccccc8)nc(-c8ccccc8)n7)ccc6c45)c4oc5ccccc5c4c3)c2)cc1. The van der Waals surface area contributed by atoms with Crippen LogP contribution in [0.15, 0.2) is 197 Å². The topological polar surface area (TPSA) is 65.0 Å². The van der Waals surface area contributed by atoms with Crippen LogP contribution in [0.3, 0.4) is 0 Å². The molecule has 3 heterocycles. The zero-order valence-corrected chi connectivity index (χ0v) is 30.1. The highest BCUT2D eigenvalue weighted by molar-refractivity contribution is 6.18. The number of rotatable bonds is 6. The molecule has 11 rings (SSSR count). The Morgan fingerprint density at radius 3 is 1.57 bits per heavy atom. The predicted molar refractivity (Wildman–Crippen MR) is 227 cm³/mol. The summed E-state index contributed by atoms with van der Waals surface area (Å²) >= 11 is 0. The zero-order valence-electron chi connectivity index (χ0n) is 30.1. The lowest BCUT2D eigenvalue weighted by Gasteiger charge is -2.11. The monoisotopic (exact) mass is 717 g/mol. The van der Waals surface area contributed by atoms with Gasteiger partial charge in [-0.2, -0.15) is 0 Å². The third kappa shape index (κ3) is 5.45. The van der Waals surface area contributed by atoms with E-state index in [-0.39, 0.29) is 0 Å². The third-order valence-corrected chi connectivity index (χ3v) is 10.5. The van der Waals surface area contributed by atoms with Crippen molar-refractivity contribution in [1.29, 1.82) is 0 Å². The smallest absolute Gasteiger partial charge is 0.164 e. The van der Waals surface area contributed by atoms with E-state index in [4.69, 9.17) is 23.8 Å². The van der Waals surface area contributed by atoms with Gasteiger partial charge in [0.2, 0.25) is 0 Å². The Balaban J connectivity index is 1.10. The Morgan fingerprint density at radius 1 is 0.286 bits per heavy atom. The summed E-state index contributed by atoms with van der Waals surface area (Å²) in [6, 6.07) is 64.6. The van der Waals surface area contributed by atoms with Crippen LogP contribution in [0.1, 0.15) is 0 Å². The van der Waals surface area contributed by atoms with Crippen LogP contribution >= 0.6 is 0 Å². The summed E-state index contributed by atoms with van der Waals surface area (Å²) < 4.78 is 13.3. The van der Waals surface area contributed by atoms with Crippen molar-refractivity contribution in [3.05, 3.63) is 188 Å². The van der Waals surface area contributed by atoms with Gasteiger partial charge in [-0.15, -0.1) is 0 Å². The van der Waals surface area contributed by atoms with E-state index in [2.05, 4.69) is 103 Å². The van der Waals surface area contributed by atoms with Crippen molar-refractivity contribution in [1.82, 2.24) is 15.0 Å². The molecule has 5 heteroatoms. The molecule has 0 aliphatic carbocycles. The van der Waals surface area contributed by atoms with Crippen LogP contribution < -0.4 is 0 Å². The molecular weight excluding hydrogens is 687 g/mol. The Labute approximate surface area is 322 Å². The van der Waals surface area contributed by atoms with Crippen LogP contribution in [0, 0.1) is 0 Å². The average molecular weight is 718 g/mol. The Bertz CT molecular complexity index is 3180. The molecule has 0 aliphatic rings. The van der Waals surface area contributed by atoms with Gasteiger partial charge in [0.05, 0.1) is 0 Å².